The van der Waals surface area contributed by atoms with E-state index in [-0.39, 0.29) is 0 Å². The molecule has 0 aliphatic rings. The Balaban J connectivity index is 2.95. The number of hydrogen-bond donors (Lipinski definition) is 0. The fourth-order valence-corrected chi connectivity index (χ4v) is 1.20. The summed E-state index contributed by atoms with van der Waals surface area (Å²) < 4.78 is 5.09. The second-order valence-corrected chi connectivity index (χ2v) is 3.21. The van der Waals surface area contributed by atoms with Crippen LogP contribution in [0.2, 0.25) is 0 Å². The van der Waals surface area contributed by atoms with Crippen LogP contribution in [0.25, 0.3) is 0 Å². The molecule has 1 rings (SSSR count). The highest BCUT2D eigenvalue weighted by Crippen LogP contribution is 2.16. The number of allylic oxidation sites excluding steroid dienone is 1. The first-order valence-corrected chi connectivity index (χ1v) is 5.39. The van der Waals surface area contributed by atoms with Crippen molar-refractivity contribution in [2.75, 3.05) is 0 Å². The fraction of sp³-hybridized carbons (Fsp3) is 0. The lowest BCUT2D eigenvalue weighted by Crippen LogP contribution is -2.04. The van der Waals surface area contributed by atoms with E-state index in [1.165, 1.54) is 17.1 Å². The van der Waals surface area contributed by atoms with E-state index in [0.29, 0.717) is 11.3 Å². The van der Waals surface area contributed by atoms with Crippen LogP contribution < -0.4 is 4.74 Å². The summed E-state index contributed by atoms with van der Waals surface area (Å²) in [5, 5.41) is 0. The minimum Gasteiger partial charge on any atom is -0.422 e. The van der Waals surface area contributed by atoms with Crippen LogP contribution in [0.5, 0.6) is 5.75 Å². The Hall–Kier alpha value is -1.79. The number of benzene rings is 1. The minimum atomic E-state index is -0.454. The van der Waals surface area contributed by atoms with E-state index in [9.17, 15) is 4.79 Å². The van der Waals surface area contributed by atoms with Crippen LogP contribution in [0.3, 0.4) is 0 Å². The number of esters is 1. The van der Waals surface area contributed by atoms with Gasteiger partial charge in [0, 0.05) is 6.08 Å². The van der Waals surface area contributed by atoms with Crippen molar-refractivity contribution in [2.45, 2.75) is 0 Å². The van der Waals surface area contributed by atoms with Crippen molar-refractivity contribution in [1.82, 2.24) is 0 Å². The van der Waals surface area contributed by atoms with Gasteiger partial charge in [0.15, 0.2) is 0 Å². The molecule has 1 aromatic carbocycles. The lowest BCUT2D eigenvalue weighted by Gasteiger charge is -2.02. The van der Waals surface area contributed by atoms with Crippen molar-refractivity contribution in [1.29, 1.82) is 0 Å². The van der Waals surface area contributed by atoms with Gasteiger partial charge < -0.3 is 4.74 Å². The molecule has 1 aromatic rings. The molecule has 0 unspecified atom stereocenters. The van der Waals surface area contributed by atoms with E-state index in [2.05, 4.69) is 34.3 Å². The van der Waals surface area contributed by atoms with Gasteiger partial charge in [0.2, 0.25) is 0 Å². The maximum atomic E-state index is 11.2. The van der Waals surface area contributed by atoms with Gasteiger partial charge in [0.25, 0.3) is 0 Å². The third kappa shape index (κ3) is 3.76. The van der Waals surface area contributed by atoms with Gasteiger partial charge in [-0.2, -0.15) is 0 Å². The molecule has 0 aliphatic heterocycles. The van der Waals surface area contributed by atoms with Gasteiger partial charge in [-0.15, -0.1) is 0 Å². The zero-order valence-electron chi connectivity index (χ0n) is 8.44. The summed E-state index contributed by atoms with van der Waals surface area (Å²) in [6, 6.07) is 7.06. The van der Waals surface area contributed by atoms with Crippen molar-refractivity contribution >= 4 is 21.9 Å². The van der Waals surface area contributed by atoms with E-state index < -0.39 is 5.97 Å². The average Bonchev–Trinajstić information content (AvgIpc) is 2.28. The molecule has 3 heteroatoms. The van der Waals surface area contributed by atoms with Crippen LogP contribution >= 0.6 is 15.9 Å². The number of ether oxygens (including phenoxy) is 1. The molecule has 0 radical (unpaired) electrons. The second-order valence-electron chi connectivity index (χ2n) is 2.68. The quantitative estimate of drug-likeness (QED) is 0.359. The molecule has 0 atom stereocenters. The number of hydrogen-bond acceptors (Lipinski definition) is 2. The van der Waals surface area contributed by atoms with Crippen LogP contribution in [-0.2, 0) is 4.79 Å². The van der Waals surface area contributed by atoms with E-state index in [1.807, 2.05) is 6.07 Å². The van der Waals surface area contributed by atoms with E-state index >= 15 is 0 Å². The van der Waals surface area contributed by atoms with E-state index in [0.717, 1.165) is 0 Å². The lowest BCUT2D eigenvalue weighted by molar-refractivity contribution is -0.128. The summed E-state index contributed by atoms with van der Waals surface area (Å²) in [6.07, 6.45) is 2.76. The molecule has 0 N–H and O–H groups in total. The molecule has 0 bridgehead atoms. The molecule has 0 amide bonds. The highest BCUT2D eigenvalue weighted by atomic mass is 79.9. The fourth-order valence-electron chi connectivity index (χ4n) is 0.982. The van der Waals surface area contributed by atoms with Crippen molar-refractivity contribution in [3.05, 3.63) is 53.5 Å². The van der Waals surface area contributed by atoms with Crippen LogP contribution in [0, 0.1) is 11.8 Å². The van der Waals surface area contributed by atoms with Crippen LogP contribution in [0.4, 0.5) is 0 Å². The predicted molar refractivity (Wildman–Crippen MR) is 67.2 cm³/mol. The van der Waals surface area contributed by atoms with Gasteiger partial charge in [-0.3, -0.25) is 0 Å². The van der Waals surface area contributed by atoms with E-state index in [1.54, 1.807) is 18.2 Å². The molecule has 0 aromatic heterocycles. The molecule has 16 heavy (non-hydrogen) atoms. The number of carbonyl (C=O) groups excluding carboxylic acids is 1. The van der Waals surface area contributed by atoms with Gasteiger partial charge in [0.1, 0.15) is 5.75 Å². The first-order valence-electron chi connectivity index (χ1n) is 4.48. The molecule has 2 nitrogen and oxygen atoms in total. The molecular formula is C13H9BrO2. The Kier molecular flexibility index (Phi) is 5.10. The van der Waals surface area contributed by atoms with Gasteiger partial charge in [-0.05, 0) is 23.2 Å². The maximum Gasteiger partial charge on any atom is 0.336 e. The number of rotatable bonds is 2. The minimum absolute atomic E-state index is 0.437. The highest BCUT2D eigenvalue weighted by Gasteiger charge is 2.03. The number of para-hydroxylation sites is 1. The van der Waals surface area contributed by atoms with Crippen molar-refractivity contribution in [3.8, 4) is 17.6 Å². The Labute approximate surface area is 103 Å². The summed E-state index contributed by atoms with van der Waals surface area (Å²) in [5.74, 6) is 5.52. The van der Waals surface area contributed by atoms with Crippen LogP contribution in [0.1, 0.15) is 5.56 Å². The van der Waals surface area contributed by atoms with Gasteiger partial charge in [0.05, 0.1) is 5.56 Å². The molecule has 0 saturated carbocycles. The SMILES string of the molecule is C=CC#Cc1ccccc1OC(=O)/C=C\Br. The van der Waals surface area contributed by atoms with Crippen LogP contribution in [0.15, 0.2) is 48.0 Å². The lowest BCUT2D eigenvalue weighted by atomic mass is 10.2. The molecular weight excluding hydrogens is 268 g/mol. The predicted octanol–water partition coefficient (Wildman–Crippen LogP) is 3.04. The van der Waals surface area contributed by atoms with Gasteiger partial charge in [-0.25, -0.2) is 4.79 Å². The zero-order valence-corrected chi connectivity index (χ0v) is 10.0. The Bertz CT molecular complexity index is 478. The molecule has 80 valence electrons. The van der Waals surface area contributed by atoms with Crippen LogP contribution in [-0.4, -0.2) is 5.97 Å². The van der Waals surface area contributed by atoms with Crippen molar-refractivity contribution in [3.63, 3.8) is 0 Å². The number of carbonyl (C=O) groups is 1. The first-order chi connectivity index (χ1) is 7.77. The second kappa shape index (κ2) is 6.65. The molecule has 0 aliphatic carbocycles. The maximum absolute atomic E-state index is 11.2. The smallest absolute Gasteiger partial charge is 0.336 e. The Morgan fingerprint density at radius 2 is 2.19 bits per heavy atom. The van der Waals surface area contributed by atoms with E-state index in [4.69, 9.17) is 4.74 Å². The summed E-state index contributed by atoms with van der Waals surface area (Å²) in [7, 11) is 0. The third-order valence-corrected chi connectivity index (χ3v) is 1.87. The van der Waals surface area contributed by atoms with Crippen molar-refractivity contribution in [2.24, 2.45) is 0 Å². The monoisotopic (exact) mass is 276 g/mol. The standard InChI is InChI=1S/C13H9BrO2/c1-2-3-6-11-7-4-5-8-12(11)16-13(15)9-10-14/h2,4-5,7-10H,1H2/b10-9-. The Morgan fingerprint density at radius 3 is 2.88 bits per heavy atom. The molecule has 0 saturated heterocycles. The van der Waals surface area contributed by atoms with Gasteiger partial charge >= 0.3 is 5.97 Å². The Morgan fingerprint density at radius 1 is 1.44 bits per heavy atom. The zero-order chi connectivity index (χ0) is 11.8. The topological polar surface area (TPSA) is 26.3 Å². The van der Waals surface area contributed by atoms with Gasteiger partial charge in [-0.1, -0.05) is 46.5 Å². The number of halogens is 1. The average molecular weight is 277 g/mol. The normalized spacial score (nSPS) is 9.31. The molecule has 0 fully saturated rings. The highest BCUT2D eigenvalue weighted by molar-refractivity contribution is 9.11. The summed E-state index contributed by atoms with van der Waals surface area (Å²) in [4.78, 5) is 12.7. The summed E-state index contributed by atoms with van der Waals surface area (Å²) in [5.41, 5.74) is 0.652. The largest absolute Gasteiger partial charge is 0.422 e. The molecule has 0 spiro atoms. The third-order valence-electron chi connectivity index (χ3n) is 1.61. The summed E-state index contributed by atoms with van der Waals surface area (Å²) in [6.45, 7) is 3.50. The molecule has 0 heterocycles. The first kappa shape index (κ1) is 12.3. The summed E-state index contributed by atoms with van der Waals surface area (Å²) >= 11 is 3.00. The van der Waals surface area contributed by atoms with Crippen molar-refractivity contribution < 1.29 is 9.53 Å².